The molecule has 0 aliphatic carbocycles. The summed E-state index contributed by atoms with van der Waals surface area (Å²) in [7, 11) is 0. The van der Waals surface area contributed by atoms with Crippen LogP contribution in [-0.4, -0.2) is 24.0 Å². The molecule has 1 saturated heterocycles. The van der Waals surface area contributed by atoms with E-state index in [0.717, 1.165) is 19.5 Å². The number of likely N-dealkylation sites (tertiary alicyclic amines) is 1. The van der Waals surface area contributed by atoms with Crippen LogP contribution in [-0.2, 0) is 0 Å². The van der Waals surface area contributed by atoms with Crippen LogP contribution in [0.3, 0.4) is 0 Å². The lowest BCUT2D eigenvalue weighted by Crippen LogP contribution is -2.30. The SMILES string of the molecule is CCC(c1ccccc1)N1C[C@@H](N)[C@H](c2ccccc2)C1. The fourth-order valence-corrected chi connectivity index (χ4v) is 3.55. The van der Waals surface area contributed by atoms with Crippen LogP contribution in [0.1, 0.15) is 36.4 Å². The third-order valence-electron chi connectivity index (χ3n) is 4.63. The van der Waals surface area contributed by atoms with Crippen LogP contribution in [0.25, 0.3) is 0 Å². The van der Waals surface area contributed by atoms with Gasteiger partial charge in [0.2, 0.25) is 0 Å². The Morgan fingerprint density at radius 2 is 1.62 bits per heavy atom. The third kappa shape index (κ3) is 3.02. The van der Waals surface area contributed by atoms with E-state index in [1.165, 1.54) is 11.1 Å². The summed E-state index contributed by atoms with van der Waals surface area (Å²) < 4.78 is 0. The molecule has 21 heavy (non-hydrogen) atoms. The fourth-order valence-electron chi connectivity index (χ4n) is 3.55. The Labute approximate surface area is 127 Å². The van der Waals surface area contributed by atoms with Crippen LogP contribution in [0.15, 0.2) is 60.7 Å². The number of rotatable bonds is 4. The van der Waals surface area contributed by atoms with Gasteiger partial charge in [0.25, 0.3) is 0 Å². The van der Waals surface area contributed by atoms with Gasteiger partial charge in [-0.15, -0.1) is 0 Å². The minimum Gasteiger partial charge on any atom is -0.326 e. The zero-order chi connectivity index (χ0) is 14.7. The number of benzene rings is 2. The second kappa shape index (κ2) is 6.42. The Balaban J connectivity index is 1.79. The van der Waals surface area contributed by atoms with E-state index in [1.54, 1.807) is 0 Å². The lowest BCUT2D eigenvalue weighted by atomic mass is 9.95. The molecule has 0 bridgehead atoms. The predicted octanol–water partition coefficient (Wildman–Crippen LogP) is 3.56. The second-order valence-electron chi connectivity index (χ2n) is 5.97. The molecule has 3 rings (SSSR count). The maximum absolute atomic E-state index is 6.43. The van der Waals surface area contributed by atoms with E-state index in [4.69, 9.17) is 5.73 Å². The second-order valence-corrected chi connectivity index (χ2v) is 5.97. The van der Waals surface area contributed by atoms with Crippen molar-refractivity contribution >= 4 is 0 Å². The zero-order valence-electron chi connectivity index (χ0n) is 12.7. The minimum atomic E-state index is 0.227. The summed E-state index contributed by atoms with van der Waals surface area (Å²) in [6.07, 6.45) is 1.12. The first-order chi connectivity index (χ1) is 10.3. The third-order valence-corrected chi connectivity index (χ3v) is 4.63. The van der Waals surface area contributed by atoms with E-state index in [-0.39, 0.29) is 6.04 Å². The van der Waals surface area contributed by atoms with Crippen LogP contribution in [0, 0.1) is 0 Å². The van der Waals surface area contributed by atoms with Gasteiger partial charge in [0.1, 0.15) is 0 Å². The van der Waals surface area contributed by atoms with Crippen molar-refractivity contribution in [1.29, 1.82) is 0 Å². The number of hydrogen-bond acceptors (Lipinski definition) is 2. The normalized spacial score (nSPS) is 24.1. The average Bonchev–Trinajstić information content (AvgIpc) is 2.92. The number of nitrogens with two attached hydrogens (primary N) is 1. The van der Waals surface area contributed by atoms with E-state index in [1.807, 2.05) is 0 Å². The zero-order valence-corrected chi connectivity index (χ0v) is 12.7. The van der Waals surface area contributed by atoms with Crippen molar-refractivity contribution in [2.24, 2.45) is 5.73 Å². The number of nitrogens with zero attached hydrogens (tertiary/aromatic N) is 1. The van der Waals surface area contributed by atoms with E-state index in [2.05, 4.69) is 72.5 Å². The van der Waals surface area contributed by atoms with E-state index >= 15 is 0 Å². The average molecular weight is 280 g/mol. The largest absolute Gasteiger partial charge is 0.326 e. The fraction of sp³-hybridized carbons (Fsp3) is 0.368. The molecule has 1 fully saturated rings. The van der Waals surface area contributed by atoms with Gasteiger partial charge in [-0.2, -0.15) is 0 Å². The lowest BCUT2D eigenvalue weighted by molar-refractivity contribution is 0.234. The van der Waals surface area contributed by atoms with Gasteiger partial charge in [-0.05, 0) is 17.5 Å². The highest BCUT2D eigenvalue weighted by atomic mass is 15.2. The standard InChI is InChI=1S/C19H24N2/c1-2-19(16-11-7-4-8-12-16)21-13-17(18(20)14-21)15-9-5-3-6-10-15/h3-12,17-19H,2,13-14,20H2,1H3/t17-,18+,19?/m0/s1. The molecule has 1 aliphatic rings. The Morgan fingerprint density at radius 3 is 2.24 bits per heavy atom. The molecule has 0 amide bonds. The van der Waals surface area contributed by atoms with Crippen molar-refractivity contribution < 1.29 is 0 Å². The van der Waals surface area contributed by atoms with Gasteiger partial charge in [0.15, 0.2) is 0 Å². The molecule has 3 atom stereocenters. The molecular weight excluding hydrogens is 256 g/mol. The van der Waals surface area contributed by atoms with Crippen LogP contribution >= 0.6 is 0 Å². The molecule has 2 heteroatoms. The summed E-state index contributed by atoms with van der Waals surface area (Å²) >= 11 is 0. The van der Waals surface area contributed by atoms with Crippen molar-refractivity contribution in [3.05, 3.63) is 71.8 Å². The van der Waals surface area contributed by atoms with Gasteiger partial charge in [-0.25, -0.2) is 0 Å². The predicted molar refractivity (Wildman–Crippen MR) is 88.2 cm³/mol. The van der Waals surface area contributed by atoms with Crippen LogP contribution in [0.5, 0.6) is 0 Å². The maximum atomic E-state index is 6.43. The molecular formula is C19H24N2. The smallest absolute Gasteiger partial charge is 0.0346 e. The van der Waals surface area contributed by atoms with Crippen molar-refractivity contribution in [2.45, 2.75) is 31.3 Å². The Kier molecular flexibility index (Phi) is 4.37. The van der Waals surface area contributed by atoms with Gasteiger partial charge in [-0.3, -0.25) is 4.90 Å². The summed E-state index contributed by atoms with van der Waals surface area (Å²) in [6, 6.07) is 22.2. The van der Waals surface area contributed by atoms with Crippen LogP contribution < -0.4 is 5.73 Å². The first kappa shape index (κ1) is 14.3. The van der Waals surface area contributed by atoms with Crippen molar-refractivity contribution in [3.8, 4) is 0 Å². The summed E-state index contributed by atoms with van der Waals surface area (Å²) in [5, 5.41) is 0. The maximum Gasteiger partial charge on any atom is 0.0346 e. The first-order valence-corrected chi connectivity index (χ1v) is 7.89. The van der Waals surface area contributed by atoms with E-state index in [9.17, 15) is 0 Å². The monoisotopic (exact) mass is 280 g/mol. The summed E-state index contributed by atoms with van der Waals surface area (Å²) in [6.45, 7) is 4.30. The Bertz CT molecular complexity index is 552. The molecule has 0 aromatic heterocycles. The first-order valence-electron chi connectivity index (χ1n) is 7.89. The van der Waals surface area contributed by atoms with Crippen molar-refractivity contribution in [2.75, 3.05) is 13.1 Å². The molecule has 2 nitrogen and oxygen atoms in total. The van der Waals surface area contributed by atoms with E-state index in [0.29, 0.717) is 12.0 Å². The van der Waals surface area contributed by atoms with Gasteiger partial charge >= 0.3 is 0 Å². The van der Waals surface area contributed by atoms with Gasteiger partial charge in [0.05, 0.1) is 0 Å². The van der Waals surface area contributed by atoms with Gasteiger partial charge < -0.3 is 5.73 Å². The molecule has 0 saturated carbocycles. The Hall–Kier alpha value is -1.64. The van der Waals surface area contributed by atoms with Crippen molar-refractivity contribution in [3.63, 3.8) is 0 Å². The van der Waals surface area contributed by atoms with Gasteiger partial charge in [0, 0.05) is 31.1 Å². The topological polar surface area (TPSA) is 29.3 Å². The highest BCUT2D eigenvalue weighted by molar-refractivity contribution is 5.25. The molecule has 1 aliphatic heterocycles. The molecule has 0 radical (unpaired) electrons. The van der Waals surface area contributed by atoms with Gasteiger partial charge in [-0.1, -0.05) is 67.6 Å². The van der Waals surface area contributed by atoms with Crippen LogP contribution in [0.4, 0.5) is 0 Å². The van der Waals surface area contributed by atoms with E-state index < -0.39 is 0 Å². The Morgan fingerprint density at radius 1 is 1.00 bits per heavy atom. The highest BCUT2D eigenvalue weighted by Gasteiger charge is 2.34. The lowest BCUT2D eigenvalue weighted by Gasteiger charge is -2.27. The minimum absolute atomic E-state index is 0.227. The molecule has 0 spiro atoms. The molecule has 2 N–H and O–H groups in total. The molecule has 110 valence electrons. The molecule has 2 aromatic carbocycles. The molecule has 1 heterocycles. The molecule has 2 aromatic rings. The van der Waals surface area contributed by atoms with Crippen LogP contribution in [0.2, 0.25) is 0 Å². The summed E-state index contributed by atoms with van der Waals surface area (Å²) in [4.78, 5) is 2.55. The highest BCUT2D eigenvalue weighted by Crippen LogP contribution is 2.33. The van der Waals surface area contributed by atoms with Crippen molar-refractivity contribution in [1.82, 2.24) is 4.90 Å². The molecule has 1 unspecified atom stereocenters. The quantitative estimate of drug-likeness (QED) is 0.927. The summed E-state index contributed by atoms with van der Waals surface area (Å²) in [5.41, 5.74) is 9.20. The number of hydrogen-bond donors (Lipinski definition) is 1. The summed E-state index contributed by atoms with van der Waals surface area (Å²) in [5.74, 6) is 0.448.